The molecule has 3 rings (SSSR count). The maximum Gasteiger partial charge on any atom is 0.336 e. The number of aryl methyl sites for hydroxylation is 3. The number of morpholine rings is 1. The van der Waals surface area contributed by atoms with E-state index >= 15 is 0 Å². The van der Waals surface area contributed by atoms with Crippen molar-refractivity contribution in [2.45, 2.75) is 53.4 Å². The molecule has 1 aromatic heterocycles. The minimum Gasteiger partial charge on any atom is -0.422 e. The van der Waals surface area contributed by atoms with Gasteiger partial charge in [-0.1, -0.05) is 6.07 Å². The Bertz CT molecular complexity index is 783. The number of fused-ring (bicyclic) bond motifs is 1. The molecule has 0 spiro atoms. The first-order chi connectivity index (χ1) is 10.8. The summed E-state index contributed by atoms with van der Waals surface area (Å²) in [6, 6.07) is 3.82. The quantitative estimate of drug-likeness (QED) is 0.797. The van der Waals surface area contributed by atoms with E-state index in [9.17, 15) is 4.79 Å². The predicted octanol–water partition coefficient (Wildman–Crippen LogP) is 3.33. The van der Waals surface area contributed by atoms with Gasteiger partial charge in [0, 0.05) is 31.1 Å². The molecule has 2 atom stereocenters. The standard InChI is InChI=1S/C19H25NO3/c1-11-6-12(2)18-16(7-17(21)23-19(18)15(11)5)10-20-8-13(3)22-14(4)9-20/h6-7,13-14H,8-10H2,1-5H3/t13-,14-/m1/s1. The van der Waals surface area contributed by atoms with E-state index in [1.54, 1.807) is 6.07 Å². The lowest BCUT2D eigenvalue weighted by molar-refractivity contribution is -0.0704. The third-order valence-corrected chi connectivity index (χ3v) is 4.69. The van der Waals surface area contributed by atoms with E-state index in [1.165, 1.54) is 0 Å². The van der Waals surface area contributed by atoms with Gasteiger partial charge in [-0.3, -0.25) is 4.90 Å². The SMILES string of the molecule is Cc1cc(C)c2c(CN3C[C@@H](C)O[C@H](C)C3)cc(=O)oc2c1C. The lowest BCUT2D eigenvalue weighted by Crippen LogP contribution is -2.44. The molecular formula is C19H25NO3. The monoisotopic (exact) mass is 315 g/mol. The highest BCUT2D eigenvalue weighted by atomic mass is 16.5. The van der Waals surface area contributed by atoms with E-state index in [4.69, 9.17) is 9.15 Å². The Morgan fingerprint density at radius 1 is 1.09 bits per heavy atom. The van der Waals surface area contributed by atoms with Gasteiger partial charge in [-0.2, -0.15) is 0 Å². The van der Waals surface area contributed by atoms with Gasteiger partial charge in [-0.15, -0.1) is 0 Å². The van der Waals surface area contributed by atoms with E-state index in [1.807, 2.05) is 6.92 Å². The summed E-state index contributed by atoms with van der Waals surface area (Å²) in [6.07, 6.45) is 0.436. The average Bonchev–Trinajstić information content (AvgIpc) is 2.43. The summed E-state index contributed by atoms with van der Waals surface area (Å²) in [6.45, 7) is 12.9. The average molecular weight is 315 g/mol. The zero-order chi connectivity index (χ0) is 16.7. The Labute approximate surface area is 137 Å². The summed E-state index contributed by atoms with van der Waals surface area (Å²) < 4.78 is 11.3. The lowest BCUT2D eigenvalue weighted by atomic mass is 9.97. The van der Waals surface area contributed by atoms with Gasteiger partial charge in [-0.25, -0.2) is 4.79 Å². The Hall–Kier alpha value is -1.65. The first kappa shape index (κ1) is 16.2. The highest BCUT2D eigenvalue weighted by molar-refractivity contribution is 5.87. The van der Waals surface area contributed by atoms with E-state index in [-0.39, 0.29) is 17.8 Å². The molecule has 1 aliphatic rings. The molecule has 0 bridgehead atoms. The van der Waals surface area contributed by atoms with Crippen LogP contribution in [-0.4, -0.2) is 30.2 Å². The Kier molecular flexibility index (Phi) is 4.30. The van der Waals surface area contributed by atoms with Crippen LogP contribution in [0.1, 0.15) is 36.1 Å². The Morgan fingerprint density at radius 2 is 1.74 bits per heavy atom. The van der Waals surface area contributed by atoms with E-state index < -0.39 is 0 Å². The smallest absolute Gasteiger partial charge is 0.336 e. The number of benzene rings is 1. The maximum atomic E-state index is 12.0. The van der Waals surface area contributed by atoms with Crippen molar-refractivity contribution in [3.8, 4) is 0 Å². The largest absolute Gasteiger partial charge is 0.422 e. The van der Waals surface area contributed by atoms with Crippen molar-refractivity contribution in [2.75, 3.05) is 13.1 Å². The third kappa shape index (κ3) is 3.19. The van der Waals surface area contributed by atoms with E-state index in [0.717, 1.165) is 52.9 Å². The van der Waals surface area contributed by atoms with Crippen LogP contribution < -0.4 is 5.63 Å². The van der Waals surface area contributed by atoms with Gasteiger partial charge >= 0.3 is 5.63 Å². The van der Waals surface area contributed by atoms with Crippen molar-refractivity contribution in [1.82, 2.24) is 4.90 Å². The van der Waals surface area contributed by atoms with Crippen LogP contribution in [0.5, 0.6) is 0 Å². The van der Waals surface area contributed by atoms with Gasteiger partial charge in [0.05, 0.1) is 12.2 Å². The summed E-state index contributed by atoms with van der Waals surface area (Å²) in [4.78, 5) is 14.4. The molecule has 23 heavy (non-hydrogen) atoms. The normalized spacial score (nSPS) is 22.7. The van der Waals surface area contributed by atoms with Crippen molar-refractivity contribution in [1.29, 1.82) is 0 Å². The fraction of sp³-hybridized carbons (Fsp3) is 0.526. The van der Waals surface area contributed by atoms with Crippen LogP contribution in [0.15, 0.2) is 21.3 Å². The molecule has 2 aromatic rings. The maximum absolute atomic E-state index is 12.0. The van der Waals surface area contributed by atoms with Gasteiger partial charge in [-0.05, 0) is 56.9 Å². The highest BCUT2D eigenvalue weighted by Crippen LogP contribution is 2.28. The molecule has 1 saturated heterocycles. The molecule has 4 nitrogen and oxygen atoms in total. The van der Waals surface area contributed by atoms with Crippen molar-refractivity contribution in [3.05, 3.63) is 44.8 Å². The van der Waals surface area contributed by atoms with Crippen LogP contribution in [0.3, 0.4) is 0 Å². The fourth-order valence-electron chi connectivity index (χ4n) is 3.70. The van der Waals surface area contributed by atoms with Gasteiger partial charge in [0.25, 0.3) is 0 Å². The molecule has 1 aromatic carbocycles. The van der Waals surface area contributed by atoms with E-state index in [2.05, 4.69) is 38.7 Å². The molecule has 0 N–H and O–H groups in total. The lowest BCUT2D eigenvalue weighted by Gasteiger charge is -2.35. The second-order valence-corrected chi connectivity index (χ2v) is 6.88. The molecule has 0 amide bonds. The first-order valence-electron chi connectivity index (χ1n) is 8.26. The number of nitrogens with zero attached hydrogens (tertiary/aromatic N) is 1. The minimum atomic E-state index is -0.269. The third-order valence-electron chi connectivity index (χ3n) is 4.69. The van der Waals surface area contributed by atoms with Gasteiger partial charge < -0.3 is 9.15 Å². The fourth-order valence-corrected chi connectivity index (χ4v) is 3.70. The van der Waals surface area contributed by atoms with Crippen molar-refractivity contribution in [3.63, 3.8) is 0 Å². The van der Waals surface area contributed by atoms with E-state index in [0.29, 0.717) is 0 Å². The second-order valence-electron chi connectivity index (χ2n) is 6.88. The molecule has 124 valence electrons. The molecule has 4 heteroatoms. The van der Waals surface area contributed by atoms with Crippen molar-refractivity contribution >= 4 is 11.0 Å². The van der Waals surface area contributed by atoms with Crippen LogP contribution in [-0.2, 0) is 11.3 Å². The molecule has 0 aliphatic carbocycles. The summed E-state index contributed by atoms with van der Waals surface area (Å²) in [5.74, 6) is 0. The number of ether oxygens (including phenoxy) is 1. The summed E-state index contributed by atoms with van der Waals surface area (Å²) in [5.41, 5.74) is 4.89. The highest BCUT2D eigenvalue weighted by Gasteiger charge is 2.23. The molecule has 2 heterocycles. The number of hydrogen-bond donors (Lipinski definition) is 0. The zero-order valence-corrected chi connectivity index (χ0v) is 14.6. The zero-order valence-electron chi connectivity index (χ0n) is 14.6. The summed E-state index contributed by atoms with van der Waals surface area (Å²) in [5, 5.41) is 1.08. The van der Waals surface area contributed by atoms with Gasteiger partial charge in [0.2, 0.25) is 0 Å². The van der Waals surface area contributed by atoms with Crippen LogP contribution in [0.4, 0.5) is 0 Å². The molecule has 1 fully saturated rings. The summed E-state index contributed by atoms with van der Waals surface area (Å²) in [7, 11) is 0. The Balaban J connectivity index is 2.07. The van der Waals surface area contributed by atoms with Crippen LogP contribution in [0.2, 0.25) is 0 Å². The number of hydrogen-bond acceptors (Lipinski definition) is 4. The van der Waals surface area contributed by atoms with Crippen LogP contribution >= 0.6 is 0 Å². The second kappa shape index (κ2) is 6.10. The molecule has 1 aliphatic heterocycles. The Morgan fingerprint density at radius 3 is 2.39 bits per heavy atom. The number of rotatable bonds is 2. The first-order valence-corrected chi connectivity index (χ1v) is 8.26. The molecular weight excluding hydrogens is 290 g/mol. The van der Waals surface area contributed by atoms with Gasteiger partial charge in [0.15, 0.2) is 0 Å². The predicted molar refractivity (Wildman–Crippen MR) is 92.0 cm³/mol. The van der Waals surface area contributed by atoms with Crippen LogP contribution in [0.25, 0.3) is 11.0 Å². The minimum absolute atomic E-state index is 0.218. The molecule has 0 saturated carbocycles. The van der Waals surface area contributed by atoms with Crippen molar-refractivity contribution in [2.24, 2.45) is 0 Å². The molecule has 0 radical (unpaired) electrons. The van der Waals surface area contributed by atoms with Gasteiger partial charge in [0.1, 0.15) is 5.58 Å². The topological polar surface area (TPSA) is 42.7 Å². The molecule has 0 unspecified atom stereocenters. The summed E-state index contributed by atoms with van der Waals surface area (Å²) >= 11 is 0. The van der Waals surface area contributed by atoms with Crippen LogP contribution in [0, 0.1) is 20.8 Å². The van der Waals surface area contributed by atoms with Crippen molar-refractivity contribution < 1.29 is 9.15 Å².